The molecule has 6 nitrogen and oxygen atoms in total. The van der Waals surface area contributed by atoms with E-state index in [0.29, 0.717) is 59.5 Å². The zero-order chi connectivity index (χ0) is 23.8. The van der Waals surface area contributed by atoms with Crippen molar-refractivity contribution in [1.82, 2.24) is 4.90 Å². The average molecular weight is 460 g/mol. The molecule has 0 unspecified atom stereocenters. The quantitative estimate of drug-likeness (QED) is 0.397. The molecule has 34 heavy (non-hydrogen) atoms. The van der Waals surface area contributed by atoms with Crippen LogP contribution < -0.4 is 0 Å². The number of aryl methyl sites for hydroxylation is 2. The number of hydrogen-bond acceptors (Lipinski definition) is 6. The molecule has 5 rings (SSSR count). The molecule has 1 atom stereocenters. The van der Waals surface area contributed by atoms with Crippen molar-refractivity contribution in [3.8, 4) is 5.75 Å². The Morgan fingerprint density at radius 1 is 1.06 bits per heavy atom. The highest BCUT2D eigenvalue weighted by Gasteiger charge is 2.34. The summed E-state index contributed by atoms with van der Waals surface area (Å²) in [5.74, 6) is 0.195. The van der Waals surface area contributed by atoms with Crippen LogP contribution >= 0.6 is 0 Å². The number of hydrogen-bond donors (Lipinski definition) is 1. The number of phenols is 1. The Hall–Kier alpha value is -3.35. The van der Waals surface area contributed by atoms with Crippen LogP contribution in [0.15, 0.2) is 52.9 Å². The molecule has 0 saturated carbocycles. The largest absolute Gasteiger partial charge is 0.507 e. The normalized spacial score (nSPS) is 15.6. The summed E-state index contributed by atoms with van der Waals surface area (Å²) in [6, 6.07) is 15.6. The van der Waals surface area contributed by atoms with Crippen molar-refractivity contribution in [2.45, 2.75) is 26.8 Å². The number of aromatic hydroxyl groups is 1. The van der Waals surface area contributed by atoms with E-state index in [9.17, 15) is 9.90 Å². The van der Waals surface area contributed by atoms with E-state index in [1.165, 1.54) is 0 Å². The number of benzene rings is 3. The molecular formula is C28H29NO5. The fourth-order valence-corrected chi connectivity index (χ4v) is 5.00. The number of esters is 1. The number of furan rings is 1. The van der Waals surface area contributed by atoms with Gasteiger partial charge in [0, 0.05) is 34.8 Å². The van der Waals surface area contributed by atoms with Crippen molar-refractivity contribution in [2.75, 3.05) is 32.9 Å². The SMILES string of the molecule is CCOC(=O)c1c(C)oc2c1c([C@@H](c1ccc(C)cc1)N1CCOCC1)c(O)c1ccccc12. The van der Waals surface area contributed by atoms with Gasteiger partial charge in [0.15, 0.2) is 0 Å². The predicted molar refractivity (Wildman–Crippen MR) is 131 cm³/mol. The van der Waals surface area contributed by atoms with Gasteiger partial charge < -0.3 is 19.0 Å². The Morgan fingerprint density at radius 2 is 1.74 bits per heavy atom. The lowest BCUT2D eigenvalue weighted by atomic mass is 9.88. The maximum absolute atomic E-state index is 13.1. The van der Waals surface area contributed by atoms with Crippen LogP contribution in [0.4, 0.5) is 0 Å². The third kappa shape index (κ3) is 3.73. The molecule has 1 fully saturated rings. The molecule has 3 aromatic carbocycles. The monoisotopic (exact) mass is 459 g/mol. The number of morpholine rings is 1. The van der Waals surface area contributed by atoms with E-state index in [0.717, 1.165) is 16.5 Å². The third-order valence-electron chi connectivity index (χ3n) is 6.59. The number of carbonyl (C=O) groups excluding carboxylic acids is 1. The van der Waals surface area contributed by atoms with Crippen LogP contribution in [-0.2, 0) is 9.47 Å². The lowest BCUT2D eigenvalue weighted by molar-refractivity contribution is 0.0238. The van der Waals surface area contributed by atoms with Gasteiger partial charge in [-0.05, 0) is 26.3 Å². The van der Waals surface area contributed by atoms with E-state index in [4.69, 9.17) is 13.9 Å². The van der Waals surface area contributed by atoms with Crippen LogP contribution in [0.25, 0.3) is 21.7 Å². The summed E-state index contributed by atoms with van der Waals surface area (Å²) in [6.07, 6.45) is 0. The highest BCUT2D eigenvalue weighted by atomic mass is 16.5. The highest BCUT2D eigenvalue weighted by molar-refractivity contribution is 6.16. The summed E-state index contributed by atoms with van der Waals surface area (Å²) in [4.78, 5) is 15.4. The molecule has 1 aromatic heterocycles. The Labute approximate surface area is 198 Å². The second-order valence-electron chi connectivity index (χ2n) is 8.73. The van der Waals surface area contributed by atoms with Crippen molar-refractivity contribution in [3.63, 3.8) is 0 Å². The summed E-state index contributed by atoms with van der Waals surface area (Å²) >= 11 is 0. The van der Waals surface area contributed by atoms with Crippen LogP contribution in [0.5, 0.6) is 5.75 Å². The smallest absolute Gasteiger partial charge is 0.342 e. The molecule has 4 aromatic rings. The third-order valence-corrected chi connectivity index (χ3v) is 6.59. The Bertz CT molecular complexity index is 1350. The minimum Gasteiger partial charge on any atom is -0.507 e. The van der Waals surface area contributed by atoms with Gasteiger partial charge in [-0.2, -0.15) is 0 Å². The van der Waals surface area contributed by atoms with E-state index in [1.54, 1.807) is 13.8 Å². The number of fused-ring (bicyclic) bond motifs is 3. The Kier molecular flexibility index (Phi) is 6.02. The predicted octanol–water partition coefficient (Wildman–Crippen LogP) is 5.51. The van der Waals surface area contributed by atoms with Crippen molar-refractivity contribution in [3.05, 3.63) is 76.5 Å². The Morgan fingerprint density at radius 3 is 2.41 bits per heavy atom. The van der Waals surface area contributed by atoms with Crippen LogP contribution in [-0.4, -0.2) is 48.9 Å². The number of carbonyl (C=O) groups is 1. The molecule has 0 radical (unpaired) electrons. The molecule has 1 aliphatic rings. The van der Waals surface area contributed by atoms with Gasteiger partial charge in [-0.15, -0.1) is 0 Å². The molecule has 1 aliphatic heterocycles. The minimum atomic E-state index is -0.445. The Balaban J connectivity index is 1.89. The first-order valence-corrected chi connectivity index (χ1v) is 11.7. The van der Waals surface area contributed by atoms with Crippen molar-refractivity contribution >= 4 is 27.7 Å². The van der Waals surface area contributed by atoms with Gasteiger partial charge in [-0.3, -0.25) is 4.90 Å². The first-order valence-electron chi connectivity index (χ1n) is 11.7. The summed E-state index contributed by atoms with van der Waals surface area (Å²) in [7, 11) is 0. The summed E-state index contributed by atoms with van der Waals surface area (Å²) in [5, 5.41) is 13.8. The average Bonchev–Trinajstić information content (AvgIpc) is 3.20. The number of rotatable bonds is 5. The second-order valence-corrected chi connectivity index (χ2v) is 8.73. The van der Waals surface area contributed by atoms with E-state index in [2.05, 4.69) is 36.1 Å². The highest BCUT2D eigenvalue weighted by Crippen LogP contribution is 2.47. The van der Waals surface area contributed by atoms with Crippen LogP contribution in [0, 0.1) is 13.8 Å². The number of phenolic OH excluding ortho intramolecular Hbond substituents is 1. The van der Waals surface area contributed by atoms with Gasteiger partial charge in [0.1, 0.15) is 22.7 Å². The molecule has 0 aliphatic carbocycles. The summed E-state index contributed by atoms with van der Waals surface area (Å²) in [5.41, 5.74) is 3.82. The van der Waals surface area contributed by atoms with Crippen molar-refractivity contribution < 1.29 is 23.8 Å². The van der Waals surface area contributed by atoms with Crippen LogP contribution in [0.2, 0.25) is 0 Å². The van der Waals surface area contributed by atoms with Crippen LogP contribution in [0.3, 0.4) is 0 Å². The molecule has 6 heteroatoms. The molecule has 2 heterocycles. The molecule has 1 N–H and O–H groups in total. The van der Waals surface area contributed by atoms with Crippen molar-refractivity contribution in [2.24, 2.45) is 0 Å². The number of nitrogens with zero attached hydrogens (tertiary/aromatic N) is 1. The second kappa shape index (κ2) is 9.12. The first kappa shape index (κ1) is 22.4. The topological polar surface area (TPSA) is 72.1 Å². The minimum absolute atomic E-state index is 0.159. The zero-order valence-corrected chi connectivity index (χ0v) is 19.8. The molecular weight excluding hydrogens is 430 g/mol. The van der Waals surface area contributed by atoms with Gasteiger partial charge in [0.25, 0.3) is 0 Å². The molecule has 0 amide bonds. The summed E-state index contributed by atoms with van der Waals surface area (Å²) in [6.45, 7) is 8.49. The molecule has 176 valence electrons. The van der Waals surface area contributed by atoms with Gasteiger partial charge in [0.05, 0.1) is 25.9 Å². The standard InChI is InChI=1S/C28H29NO5/c1-4-33-28(31)22-18(3)34-27-21-8-6-5-7-20(21)26(30)24(23(22)27)25(29-13-15-32-16-14-29)19-11-9-17(2)10-12-19/h5-12,25,30H,4,13-16H2,1-3H3/t25-/m1/s1. The lowest BCUT2D eigenvalue weighted by Crippen LogP contribution is -2.39. The van der Waals surface area contributed by atoms with Crippen molar-refractivity contribution in [1.29, 1.82) is 0 Å². The lowest BCUT2D eigenvalue weighted by Gasteiger charge is -2.36. The first-order chi connectivity index (χ1) is 16.5. The summed E-state index contributed by atoms with van der Waals surface area (Å²) < 4.78 is 17.3. The van der Waals surface area contributed by atoms with E-state index < -0.39 is 5.97 Å². The number of ether oxygens (including phenoxy) is 2. The molecule has 0 bridgehead atoms. The van der Waals surface area contributed by atoms with Gasteiger partial charge in [-0.25, -0.2) is 4.79 Å². The maximum Gasteiger partial charge on any atom is 0.342 e. The van der Waals surface area contributed by atoms with Crippen LogP contribution in [0.1, 0.15) is 45.8 Å². The van der Waals surface area contributed by atoms with Gasteiger partial charge in [-0.1, -0.05) is 54.1 Å². The maximum atomic E-state index is 13.1. The fourth-order valence-electron chi connectivity index (χ4n) is 5.00. The molecule has 1 saturated heterocycles. The van der Waals surface area contributed by atoms with E-state index >= 15 is 0 Å². The van der Waals surface area contributed by atoms with Gasteiger partial charge >= 0.3 is 5.97 Å². The van der Waals surface area contributed by atoms with E-state index in [1.807, 2.05) is 24.3 Å². The molecule has 0 spiro atoms. The van der Waals surface area contributed by atoms with E-state index in [-0.39, 0.29) is 18.4 Å². The fraction of sp³-hybridized carbons (Fsp3) is 0.321. The zero-order valence-electron chi connectivity index (χ0n) is 19.8. The van der Waals surface area contributed by atoms with Gasteiger partial charge in [0.2, 0.25) is 0 Å².